The van der Waals surface area contributed by atoms with Crippen LogP contribution in [0.2, 0.25) is 5.02 Å². The van der Waals surface area contributed by atoms with Crippen molar-refractivity contribution in [1.82, 2.24) is 4.98 Å². The molecule has 2 atom stereocenters. The van der Waals surface area contributed by atoms with Crippen LogP contribution in [0.4, 0.5) is 19.0 Å². The molecule has 0 aliphatic heterocycles. The number of rotatable bonds is 10. The highest BCUT2D eigenvalue weighted by Gasteiger charge is 2.37. The maximum absolute atomic E-state index is 12.9. The van der Waals surface area contributed by atoms with Crippen LogP contribution < -0.4 is 11.1 Å². The predicted molar refractivity (Wildman–Crippen MR) is 204 cm³/mol. The van der Waals surface area contributed by atoms with Crippen LogP contribution in [0.1, 0.15) is 75.8 Å². The molecule has 2 aromatic carbocycles. The number of aryl methyl sites for hydroxylation is 6. The molecule has 0 saturated carbocycles. The third-order valence-electron chi connectivity index (χ3n) is 9.42. The van der Waals surface area contributed by atoms with E-state index >= 15 is 0 Å². The van der Waals surface area contributed by atoms with E-state index < -0.39 is 11.7 Å². The number of nitrogens with one attached hydrogen (secondary N) is 1. The molecule has 0 bridgehead atoms. The van der Waals surface area contributed by atoms with Gasteiger partial charge in [0, 0.05) is 37.4 Å². The lowest BCUT2D eigenvalue weighted by Crippen LogP contribution is -2.12. The number of nitrogens with two attached hydrogens (primary N) is 1. The van der Waals surface area contributed by atoms with Crippen molar-refractivity contribution in [2.45, 2.75) is 73.4 Å². The van der Waals surface area contributed by atoms with Crippen molar-refractivity contribution in [2.24, 2.45) is 17.6 Å². The van der Waals surface area contributed by atoms with E-state index in [2.05, 4.69) is 43.2 Å². The molecule has 3 aromatic rings. The summed E-state index contributed by atoms with van der Waals surface area (Å²) in [6.45, 7) is 13.1. The van der Waals surface area contributed by atoms with Crippen molar-refractivity contribution < 1.29 is 32.2 Å². The maximum Gasteiger partial charge on any atom is 0.417 e. The number of pyridine rings is 1. The summed E-state index contributed by atoms with van der Waals surface area (Å²) in [5.74, 6) is 1.84. The second-order valence-corrected chi connectivity index (χ2v) is 13.8. The minimum Gasteiger partial charge on any atom is -0.500 e. The molecule has 2 unspecified atom stereocenters. The number of anilines is 1. The van der Waals surface area contributed by atoms with Gasteiger partial charge in [-0.15, -0.1) is 12.4 Å². The number of allylic oxidation sites excluding steroid dienone is 4. The Kier molecular flexibility index (Phi) is 14.5. The van der Waals surface area contributed by atoms with Gasteiger partial charge < -0.3 is 20.5 Å². The van der Waals surface area contributed by atoms with Crippen LogP contribution in [0.5, 0.6) is 0 Å². The molecular weight excluding hydrogens is 714 g/mol. The molecule has 282 valence electrons. The molecule has 2 aliphatic carbocycles. The average Bonchev–Trinajstić information content (AvgIpc) is 3.51. The zero-order chi connectivity index (χ0) is 37.8. The van der Waals surface area contributed by atoms with Gasteiger partial charge in [0.1, 0.15) is 17.3 Å². The molecule has 52 heavy (non-hydrogen) atoms. The van der Waals surface area contributed by atoms with E-state index in [-0.39, 0.29) is 46.6 Å². The van der Waals surface area contributed by atoms with E-state index in [0.717, 1.165) is 69.0 Å². The molecule has 5 rings (SSSR count). The first kappa shape index (κ1) is 42.6. The van der Waals surface area contributed by atoms with Crippen molar-refractivity contribution in [3.8, 4) is 0 Å². The van der Waals surface area contributed by atoms with E-state index in [1.807, 2.05) is 32.9 Å². The highest BCUT2D eigenvalue weighted by atomic mass is 35.5. The average molecular weight is 763 g/mol. The molecule has 0 spiro atoms. The topological polar surface area (TPSA) is 104 Å². The fourth-order valence-corrected chi connectivity index (χ4v) is 7.72. The summed E-state index contributed by atoms with van der Waals surface area (Å²) in [5.41, 5.74) is 14.7. The Morgan fingerprint density at radius 2 is 1.21 bits per heavy atom. The SMILES string of the molecule is COC1=C(c2c(C)cc(C)cc2C)C(=O)CC1CCN.COC1=C(c2c(C)cc(C)cc2C)C(=O)CC1CCNc1ncc(C(F)(F)F)cc1Cl.Cl. The van der Waals surface area contributed by atoms with Crippen molar-refractivity contribution >= 4 is 52.5 Å². The molecule has 0 saturated heterocycles. The van der Waals surface area contributed by atoms with Crippen LogP contribution in [0.15, 0.2) is 48.0 Å². The van der Waals surface area contributed by atoms with Gasteiger partial charge in [0.2, 0.25) is 0 Å². The Morgan fingerprint density at radius 1 is 0.788 bits per heavy atom. The highest BCUT2D eigenvalue weighted by molar-refractivity contribution is 6.33. The Bertz CT molecular complexity index is 1840. The van der Waals surface area contributed by atoms with Gasteiger partial charge in [-0.25, -0.2) is 4.98 Å². The van der Waals surface area contributed by atoms with Gasteiger partial charge in [-0.05, 0) is 100 Å². The zero-order valence-corrected chi connectivity index (χ0v) is 32.5. The summed E-state index contributed by atoms with van der Waals surface area (Å²) < 4.78 is 49.5. The third-order valence-corrected chi connectivity index (χ3v) is 9.71. The molecule has 7 nitrogen and oxygen atoms in total. The minimum absolute atomic E-state index is 0. The van der Waals surface area contributed by atoms with E-state index in [1.165, 1.54) is 5.56 Å². The number of carbonyl (C=O) groups excluding carboxylic acids is 2. The van der Waals surface area contributed by atoms with Gasteiger partial charge in [-0.1, -0.05) is 47.0 Å². The number of ether oxygens (including phenoxy) is 2. The molecular formula is C40H48Cl2F3N3O4. The Hall–Kier alpha value is -3.86. The van der Waals surface area contributed by atoms with E-state index in [1.54, 1.807) is 14.2 Å². The summed E-state index contributed by atoms with van der Waals surface area (Å²) in [6.07, 6.45) is -1.58. The minimum atomic E-state index is -4.50. The molecule has 0 fully saturated rings. The Labute approximate surface area is 315 Å². The van der Waals surface area contributed by atoms with Crippen LogP contribution in [0, 0.1) is 53.4 Å². The number of Topliss-reactive ketones (excluding diaryl/α,β-unsaturated/α-hetero) is 2. The smallest absolute Gasteiger partial charge is 0.417 e. The number of alkyl halides is 3. The fraction of sp³-hybridized carbons (Fsp3) is 0.425. The Morgan fingerprint density at radius 3 is 1.58 bits per heavy atom. The summed E-state index contributed by atoms with van der Waals surface area (Å²) in [5, 5.41) is 2.86. The largest absolute Gasteiger partial charge is 0.500 e. The molecule has 1 aromatic heterocycles. The van der Waals surface area contributed by atoms with Crippen LogP contribution in [0.3, 0.4) is 0 Å². The van der Waals surface area contributed by atoms with Crippen LogP contribution >= 0.6 is 24.0 Å². The summed E-state index contributed by atoms with van der Waals surface area (Å²) in [7, 11) is 3.21. The van der Waals surface area contributed by atoms with E-state index in [0.29, 0.717) is 43.7 Å². The normalized spacial score (nSPS) is 17.2. The number of benzene rings is 2. The maximum atomic E-state index is 12.9. The standard InChI is InChI=1S/C23H24ClF3N2O2.C17H23NO2.ClH/c1-12-7-13(2)19(14(3)8-12)20-18(30)9-15(21(20)31-4)5-6-28-22-17(24)10-16(11-29-22)23(25,26)27;1-10-7-11(2)15(12(3)8-10)16-14(19)9-13(5-6-18)17(16)20-4;/h7-8,10-11,15H,5-6,9H2,1-4H3,(H,28,29);7-8,13H,5-6,9,18H2,1-4H3;1H. The van der Waals surface area contributed by atoms with Gasteiger partial charge in [0.05, 0.1) is 36.0 Å². The number of hydrogen-bond donors (Lipinski definition) is 2. The number of aromatic nitrogens is 1. The molecule has 0 radical (unpaired) electrons. The lowest BCUT2D eigenvalue weighted by Gasteiger charge is -2.17. The fourth-order valence-electron chi connectivity index (χ4n) is 7.49. The third kappa shape index (κ3) is 9.38. The number of hydrogen-bond acceptors (Lipinski definition) is 7. The van der Waals surface area contributed by atoms with Gasteiger partial charge in [0.15, 0.2) is 11.6 Å². The molecule has 3 N–H and O–H groups in total. The van der Waals surface area contributed by atoms with Crippen LogP contribution in [0.25, 0.3) is 11.1 Å². The number of methoxy groups -OCH3 is 2. The van der Waals surface area contributed by atoms with Crippen LogP contribution in [-0.4, -0.2) is 43.9 Å². The number of nitrogens with zero attached hydrogens (tertiary/aromatic N) is 1. The lowest BCUT2D eigenvalue weighted by molar-refractivity contribution is -0.137. The molecule has 2 aliphatic rings. The lowest BCUT2D eigenvalue weighted by atomic mass is 9.92. The van der Waals surface area contributed by atoms with Gasteiger partial charge in [-0.2, -0.15) is 13.2 Å². The summed E-state index contributed by atoms with van der Waals surface area (Å²) >= 11 is 5.95. The zero-order valence-electron chi connectivity index (χ0n) is 30.9. The van der Waals surface area contributed by atoms with Gasteiger partial charge >= 0.3 is 6.18 Å². The number of halogens is 5. The predicted octanol–water partition coefficient (Wildman–Crippen LogP) is 9.46. The first-order valence-corrected chi connectivity index (χ1v) is 17.4. The highest BCUT2D eigenvalue weighted by Crippen LogP contribution is 2.42. The van der Waals surface area contributed by atoms with Crippen molar-refractivity contribution in [2.75, 3.05) is 32.6 Å². The second-order valence-electron chi connectivity index (χ2n) is 13.4. The van der Waals surface area contributed by atoms with E-state index in [9.17, 15) is 22.8 Å². The van der Waals surface area contributed by atoms with Crippen LogP contribution in [-0.2, 0) is 25.2 Å². The quantitative estimate of drug-likeness (QED) is 0.212. The summed E-state index contributed by atoms with van der Waals surface area (Å²) in [4.78, 5) is 29.1. The first-order valence-electron chi connectivity index (χ1n) is 17.0. The summed E-state index contributed by atoms with van der Waals surface area (Å²) in [6, 6.07) is 9.17. The number of ketones is 2. The van der Waals surface area contributed by atoms with E-state index in [4.69, 9.17) is 26.8 Å². The molecule has 0 amide bonds. The monoisotopic (exact) mass is 761 g/mol. The van der Waals surface area contributed by atoms with Gasteiger partial charge in [0.25, 0.3) is 0 Å². The second kappa shape index (κ2) is 17.8. The molecule has 12 heteroatoms. The van der Waals surface area contributed by atoms with Crippen molar-refractivity contribution in [3.05, 3.63) is 103 Å². The number of carbonyl (C=O) groups is 2. The van der Waals surface area contributed by atoms with Gasteiger partial charge in [-0.3, -0.25) is 9.59 Å². The molecule has 1 heterocycles. The van der Waals surface area contributed by atoms with Crippen molar-refractivity contribution in [1.29, 1.82) is 0 Å². The first-order chi connectivity index (χ1) is 24.0. The Balaban J connectivity index is 0.000000301. The van der Waals surface area contributed by atoms with Crippen molar-refractivity contribution in [3.63, 3.8) is 0 Å².